The van der Waals surface area contributed by atoms with Gasteiger partial charge in [0.15, 0.2) is 0 Å². The van der Waals surface area contributed by atoms with Gasteiger partial charge in [-0.3, -0.25) is 4.79 Å². The van der Waals surface area contributed by atoms with Crippen LogP contribution >= 0.6 is 11.8 Å². The Labute approximate surface area is 84.4 Å². The largest absolute Gasteiger partial charge is 0.339 e. The van der Waals surface area contributed by atoms with Crippen molar-refractivity contribution in [3.8, 4) is 0 Å². The minimum absolute atomic E-state index is 0.153. The van der Waals surface area contributed by atoms with Gasteiger partial charge >= 0.3 is 0 Å². The highest BCUT2D eigenvalue weighted by molar-refractivity contribution is 8.01. The summed E-state index contributed by atoms with van der Waals surface area (Å²) in [5.41, 5.74) is 0.308. The fraction of sp³-hybridized carbons (Fsp3) is 0.700. The molecule has 2 nitrogen and oxygen atoms in total. The van der Waals surface area contributed by atoms with Crippen LogP contribution in [-0.2, 0) is 4.79 Å². The van der Waals surface area contributed by atoms with Gasteiger partial charge in [0.05, 0.1) is 0 Å². The van der Waals surface area contributed by atoms with Crippen LogP contribution in [0.4, 0.5) is 0 Å². The highest BCUT2D eigenvalue weighted by Crippen LogP contribution is 2.28. The van der Waals surface area contributed by atoms with Gasteiger partial charge in [0.2, 0.25) is 5.91 Å². The van der Waals surface area contributed by atoms with Crippen molar-refractivity contribution in [3.05, 3.63) is 11.5 Å². The Kier molecular flexibility index (Phi) is 3.42. The van der Waals surface area contributed by atoms with Crippen LogP contribution in [0.5, 0.6) is 0 Å². The summed E-state index contributed by atoms with van der Waals surface area (Å²) in [5.74, 6) is 0.153. The summed E-state index contributed by atoms with van der Waals surface area (Å²) in [6, 6.07) is 0. The second-order valence-corrected chi connectivity index (χ2v) is 4.96. The zero-order valence-electron chi connectivity index (χ0n) is 8.54. The number of nitrogens with zero attached hydrogens (tertiary/aromatic N) is 1. The number of hydrogen-bond acceptors (Lipinski definition) is 2. The lowest BCUT2D eigenvalue weighted by atomic mass is 9.93. The standard InChI is InChI=1S/C10H17NOS/c1-10(2)5-6-11(8-10)9(12)4-7-13-3/h4,7H,5-6,8H2,1-3H3/b7-4+. The highest BCUT2D eigenvalue weighted by Gasteiger charge is 2.30. The average molecular weight is 199 g/mol. The first-order valence-electron chi connectivity index (χ1n) is 4.53. The maximum Gasteiger partial charge on any atom is 0.247 e. The summed E-state index contributed by atoms with van der Waals surface area (Å²) in [7, 11) is 0. The Morgan fingerprint density at radius 2 is 2.23 bits per heavy atom. The van der Waals surface area contributed by atoms with E-state index in [-0.39, 0.29) is 5.91 Å². The van der Waals surface area contributed by atoms with Crippen LogP contribution in [0.1, 0.15) is 20.3 Å². The van der Waals surface area contributed by atoms with Crippen molar-refractivity contribution in [1.29, 1.82) is 0 Å². The van der Waals surface area contributed by atoms with Crippen LogP contribution in [0.15, 0.2) is 11.5 Å². The molecule has 1 fully saturated rings. The number of thioether (sulfide) groups is 1. The summed E-state index contributed by atoms with van der Waals surface area (Å²) in [4.78, 5) is 13.4. The maximum atomic E-state index is 11.5. The van der Waals surface area contributed by atoms with Crippen molar-refractivity contribution >= 4 is 17.7 Å². The number of amides is 1. The monoisotopic (exact) mass is 199 g/mol. The molecule has 0 aromatic carbocycles. The Balaban J connectivity index is 2.47. The molecule has 0 aliphatic carbocycles. The molecule has 1 aliphatic rings. The minimum atomic E-state index is 0.153. The molecule has 0 aromatic rings. The predicted octanol–water partition coefficient (Wildman–Crippen LogP) is 2.12. The molecule has 1 amide bonds. The molecule has 13 heavy (non-hydrogen) atoms. The van der Waals surface area contributed by atoms with Crippen LogP contribution in [0, 0.1) is 5.41 Å². The molecular formula is C10H17NOS. The molecule has 0 saturated carbocycles. The van der Waals surface area contributed by atoms with Crippen molar-refractivity contribution in [3.63, 3.8) is 0 Å². The normalized spacial score (nSPS) is 21.3. The van der Waals surface area contributed by atoms with Gasteiger partial charge in [-0.25, -0.2) is 0 Å². The lowest BCUT2D eigenvalue weighted by Crippen LogP contribution is -2.28. The predicted molar refractivity (Wildman–Crippen MR) is 57.6 cm³/mol. The first-order chi connectivity index (χ1) is 6.05. The maximum absolute atomic E-state index is 11.5. The first kappa shape index (κ1) is 10.6. The highest BCUT2D eigenvalue weighted by atomic mass is 32.2. The molecule has 74 valence electrons. The molecule has 0 aromatic heterocycles. The van der Waals surface area contributed by atoms with Gasteiger partial charge in [-0.1, -0.05) is 13.8 Å². The fourth-order valence-corrected chi connectivity index (χ4v) is 1.78. The molecule has 0 bridgehead atoms. The average Bonchev–Trinajstić information content (AvgIpc) is 2.42. The fourth-order valence-electron chi connectivity index (χ4n) is 1.53. The Morgan fingerprint density at radius 1 is 1.54 bits per heavy atom. The summed E-state index contributed by atoms with van der Waals surface area (Å²) in [6.07, 6.45) is 4.73. The smallest absolute Gasteiger partial charge is 0.247 e. The van der Waals surface area contributed by atoms with Crippen LogP contribution < -0.4 is 0 Å². The quantitative estimate of drug-likeness (QED) is 0.635. The van der Waals surface area contributed by atoms with E-state index in [1.807, 2.05) is 16.6 Å². The van der Waals surface area contributed by atoms with Crippen LogP contribution in [0.2, 0.25) is 0 Å². The van der Waals surface area contributed by atoms with E-state index in [4.69, 9.17) is 0 Å². The van der Waals surface area contributed by atoms with E-state index in [1.54, 1.807) is 17.8 Å². The van der Waals surface area contributed by atoms with E-state index >= 15 is 0 Å². The van der Waals surface area contributed by atoms with Gasteiger partial charge in [0.25, 0.3) is 0 Å². The molecule has 1 aliphatic heterocycles. The van der Waals surface area contributed by atoms with E-state index in [9.17, 15) is 4.79 Å². The van der Waals surface area contributed by atoms with E-state index in [0.717, 1.165) is 19.5 Å². The van der Waals surface area contributed by atoms with Crippen LogP contribution in [0.3, 0.4) is 0 Å². The molecule has 0 N–H and O–H groups in total. The second kappa shape index (κ2) is 4.18. The molecular weight excluding hydrogens is 182 g/mol. The molecule has 1 heterocycles. The molecule has 0 atom stereocenters. The van der Waals surface area contributed by atoms with E-state index < -0.39 is 0 Å². The van der Waals surface area contributed by atoms with E-state index in [1.165, 1.54) is 0 Å². The SMILES string of the molecule is CS/C=C/C(=O)N1CCC(C)(C)C1. The van der Waals surface area contributed by atoms with Crippen molar-refractivity contribution < 1.29 is 4.79 Å². The zero-order chi connectivity index (χ0) is 9.90. The third kappa shape index (κ3) is 3.07. The topological polar surface area (TPSA) is 20.3 Å². The van der Waals surface area contributed by atoms with Gasteiger partial charge < -0.3 is 4.90 Å². The second-order valence-electron chi connectivity index (χ2n) is 4.21. The van der Waals surface area contributed by atoms with Gasteiger partial charge in [-0.15, -0.1) is 11.8 Å². The van der Waals surface area contributed by atoms with Gasteiger partial charge in [0.1, 0.15) is 0 Å². The van der Waals surface area contributed by atoms with Crippen molar-refractivity contribution in [2.75, 3.05) is 19.3 Å². The van der Waals surface area contributed by atoms with Gasteiger partial charge in [-0.05, 0) is 23.5 Å². The zero-order valence-corrected chi connectivity index (χ0v) is 9.36. The Bertz CT molecular complexity index is 223. The molecule has 0 radical (unpaired) electrons. The minimum Gasteiger partial charge on any atom is -0.339 e. The Morgan fingerprint density at radius 3 is 2.69 bits per heavy atom. The number of carbonyl (C=O) groups excluding carboxylic acids is 1. The summed E-state index contributed by atoms with van der Waals surface area (Å²) in [6.45, 7) is 6.21. The van der Waals surface area contributed by atoms with E-state index in [2.05, 4.69) is 13.8 Å². The van der Waals surface area contributed by atoms with Crippen molar-refractivity contribution in [2.45, 2.75) is 20.3 Å². The molecule has 1 saturated heterocycles. The molecule has 0 unspecified atom stereocenters. The third-order valence-electron chi connectivity index (χ3n) is 2.34. The molecule has 1 rings (SSSR count). The number of likely N-dealkylation sites (tertiary alicyclic amines) is 1. The number of rotatable bonds is 2. The molecule has 0 spiro atoms. The van der Waals surface area contributed by atoms with Crippen molar-refractivity contribution in [2.24, 2.45) is 5.41 Å². The lowest BCUT2D eigenvalue weighted by molar-refractivity contribution is -0.125. The summed E-state index contributed by atoms with van der Waals surface area (Å²) in [5, 5.41) is 1.84. The van der Waals surface area contributed by atoms with E-state index in [0.29, 0.717) is 5.41 Å². The number of carbonyl (C=O) groups is 1. The Hall–Kier alpha value is -0.440. The first-order valence-corrected chi connectivity index (χ1v) is 5.82. The third-order valence-corrected chi connectivity index (χ3v) is 2.74. The lowest BCUT2D eigenvalue weighted by Gasteiger charge is -2.18. The van der Waals surface area contributed by atoms with Gasteiger partial charge in [0, 0.05) is 19.2 Å². The van der Waals surface area contributed by atoms with Gasteiger partial charge in [-0.2, -0.15) is 0 Å². The van der Waals surface area contributed by atoms with Crippen molar-refractivity contribution in [1.82, 2.24) is 4.90 Å². The summed E-state index contributed by atoms with van der Waals surface area (Å²) < 4.78 is 0. The number of hydrogen-bond donors (Lipinski definition) is 0. The molecule has 3 heteroatoms. The van der Waals surface area contributed by atoms with Crippen LogP contribution in [-0.4, -0.2) is 30.2 Å². The summed E-state index contributed by atoms with van der Waals surface area (Å²) >= 11 is 1.56. The van der Waals surface area contributed by atoms with Crippen LogP contribution in [0.25, 0.3) is 0 Å².